The van der Waals surface area contributed by atoms with E-state index < -0.39 is 16.4 Å². The molecule has 6 nitrogen and oxygen atoms in total. The molecular weight excluding hydrogens is 260 g/mol. The van der Waals surface area contributed by atoms with Crippen LogP contribution in [0.15, 0.2) is 18.2 Å². The van der Waals surface area contributed by atoms with E-state index in [1.807, 2.05) is 13.0 Å². The van der Waals surface area contributed by atoms with Crippen LogP contribution in [0.3, 0.4) is 0 Å². The number of anilines is 1. The minimum atomic E-state index is -0.943. The molecule has 1 saturated heterocycles. The first-order chi connectivity index (χ1) is 9.40. The molecule has 0 spiro atoms. The van der Waals surface area contributed by atoms with Crippen LogP contribution in [0, 0.1) is 17.0 Å². The van der Waals surface area contributed by atoms with Crippen molar-refractivity contribution in [2.75, 3.05) is 11.4 Å². The first-order valence-corrected chi connectivity index (χ1v) is 6.68. The van der Waals surface area contributed by atoms with Gasteiger partial charge in [-0.05, 0) is 37.8 Å². The number of nitrogens with zero attached hydrogens (tertiary/aromatic N) is 2. The van der Waals surface area contributed by atoms with E-state index in [0.717, 1.165) is 12.0 Å². The van der Waals surface area contributed by atoms with Crippen LogP contribution >= 0.6 is 0 Å². The number of benzene rings is 1. The van der Waals surface area contributed by atoms with Gasteiger partial charge in [0.25, 0.3) is 5.69 Å². The Hall–Kier alpha value is -2.11. The van der Waals surface area contributed by atoms with Crippen molar-refractivity contribution in [1.29, 1.82) is 0 Å². The van der Waals surface area contributed by atoms with E-state index in [-0.39, 0.29) is 5.69 Å². The SMILES string of the molecule is CCC1(C(=O)O)CCCN1c1cc(C)cc([N+](=O)[O-])c1. The molecule has 0 aliphatic carbocycles. The summed E-state index contributed by atoms with van der Waals surface area (Å²) in [7, 11) is 0. The molecule has 1 fully saturated rings. The third kappa shape index (κ3) is 2.21. The summed E-state index contributed by atoms with van der Waals surface area (Å²) in [5.74, 6) is -0.860. The Kier molecular flexibility index (Phi) is 3.65. The Labute approximate surface area is 117 Å². The van der Waals surface area contributed by atoms with Crippen molar-refractivity contribution < 1.29 is 14.8 Å². The summed E-state index contributed by atoms with van der Waals surface area (Å²) in [5, 5.41) is 20.5. The van der Waals surface area contributed by atoms with Crippen molar-refractivity contribution in [2.24, 2.45) is 0 Å². The lowest BCUT2D eigenvalue weighted by Crippen LogP contribution is -2.50. The van der Waals surface area contributed by atoms with Crippen LogP contribution in [-0.4, -0.2) is 28.1 Å². The van der Waals surface area contributed by atoms with Gasteiger partial charge in [0.05, 0.1) is 4.92 Å². The van der Waals surface area contributed by atoms with Gasteiger partial charge in [-0.25, -0.2) is 4.79 Å². The van der Waals surface area contributed by atoms with E-state index in [4.69, 9.17) is 0 Å². The molecule has 1 aromatic carbocycles. The summed E-state index contributed by atoms with van der Waals surface area (Å²) in [4.78, 5) is 24.0. The maximum absolute atomic E-state index is 11.7. The average Bonchev–Trinajstić information content (AvgIpc) is 2.82. The molecule has 1 aliphatic heterocycles. The molecule has 0 bridgehead atoms. The maximum Gasteiger partial charge on any atom is 0.329 e. The molecule has 1 atom stereocenters. The Morgan fingerprint density at radius 2 is 2.20 bits per heavy atom. The number of hydrogen-bond donors (Lipinski definition) is 1. The number of rotatable bonds is 4. The Morgan fingerprint density at radius 3 is 2.75 bits per heavy atom. The molecule has 0 amide bonds. The molecule has 0 radical (unpaired) electrons. The van der Waals surface area contributed by atoms with E-state index in [1.54, 1.807) is 11.8 Å². The van der Waals surface area contributed by atoms with Crippen LogP contribution in [0.25, 0.3) is 0 Å². The summed E-state index contributed by atoms with van der Waals surface area (Å²) in [5.41, 5.74) is 0.444. The minimum absolute atomic E-state index is 0.00212. The third-order valence-corrected chi connectivity index (χ3v) is 4.04. The lowest BCUT2D eigenvalue weighted by atomic mass is 9.92. The van der Waals surface area contributed by atoms with Crippen LogP contribution in [0.5, 0.6) is 0 Å². The molecule has 1 aromatic rings. The largest absolute Gasteiger partial charge is 0.479 e. The van der Waals surface area contributed by atoms with E-state index in [1.165, 1.54) is 12.1 Å². The van der Waals surface area contributed by atoms with Gasteiger partial charge in [-0.1, -0.05) is 6.92 Å². The van der Waals surface area contributed by atoms with Crippen molar-refractivity contribution in [1.82, 2.24) is 0 Å². The highest BCUT2D eigenvalue weighted by Crippen LogP contribution is 2.38. The third-order valence-electron chi connectivity index (χ3n) is 4.04. The molecule has 1 aliphatic rings. The van der Waals surface area contributed by atoms with Gasteiger partial charge in [0.15, 0.2) is 0 Å². The molecule has 20 heavy (non-hydrogen) atoms. The Bertz CT molecular complexity index is 558. The predicted octanol–water partition coefficient (Wildman–Crippen LogP) is 2.74. The first-order valence-electron chi connectivity index (χ1n) is 6.68. The van der Waals surface area contributed by atoms with Gasteiger partial charge < -0.3 is 10.0 Å². The van der Waals surface area contributed by atoms with Crippen molar-refractivity contribution in [3.63, 3.8) is 0 Å². The molecule has 0 aromatic heterocycles. The first kappa shape index (κ1) is 14.3. The number of aliphatic carboxylic acids is 1. The fourth-order valence-electron chi connectivity index (χ4n) is 3.00. The van der Waals surface area contributed by atoms with Crippen LogP contribution < -0.4 is 4.90 Å². The van der Waals surface area contributed by atoms with Gasteiger partial charge in [-0.15, -0.1) is 0 Å². The van der Waals surface area contributed by atoms with E-state index in [9.17, 15) is 20.0 Å². The van der Waals surface area contributed by atoms with E-state index in [2.05, 4.69) is 0 Å². The normalized spacial score (nSPS) is 22.0. The second kappa shape index (κ2) is 5.11. The highest BCUT2D eigenvalue weighted by atomic mass is 16.6. The summed E-state index contributed by atoms with van der Waals surface area (Å²) < 4.78 is 0. The summed E-state index contributed by atoms with van der Waals surface area (Å²) in [6.07, 6.45) is 1.83. The number of carboxylic acids is 1. The van der Waals surface area contributed by atoms with Crippen molar-refractivity contribution >= 4 is 17.3 Å². The molecular formula is C14H18N2O4. The van der Waals surface area contributed by atoms with Crippen LogP contribution in [-0.2, 0) is 4.79 Å². The highest BCUT2D eigenvalue weighted by Gasteiger charge is 2.46. The molecule has 1 N–H and O–H groups in total. The number of aryl methyl sites for hydroxylation is 1. The van der Waals surface area contributed by atoms with Gasteiger partial charge in [0.2, 0.25) is 0 Å². The summed E-state index contributed by atoms with van der Waals surface area (Å²) in [6.45, 7) is 4.23. The van der Waals surface area contributed by atoms with Gasteiger partial charge in [0.1, 0.15) is 5.54 Å². The van der Waals surface area contributed by atoms with Crippen LogP contribution in [0.1, 0.15) is 31.7 Å². The van der Waals surface area contributed by atoms with E-state index in [0.29, 0.717) is 25.1 Å². The monoisotopic (exact) mass is 278 g/mol. The Morgan fingerprint density at radius 1 is 1.50 bits per heavy atom. The van der Waals surface area contributed by atoms with Gasteiger partial charge in [-0.3, -0.25) is 10.1 Å². The second-order valence-corrected chi connectivity index (χ2v) is 5.23. The standard InChI is InChI=1S/C14H18N2O4/c1-3-14(13(17)18)5-4-6-15(14)11-7-10(2)8-12(9-11)16(19)20/h7-9H,3-6H2,1-2H3,(H,17,18). The summed E-state index contributed by atoms with van der Waals surface area (Å²) >= 11 is 0. The second-order valence-electron chi connectivity index (χ2n) is 5.23. The zero-order valence-electron chi connectivity index (χ0n) is 11.6. The molecule has 1 heterocycles. The van der Waals surface area contributed by atoms with Gasteiger partial charge in [0, 0.05) is 24.4 Å². The number of hydrogen-bond acceptors (Lipinski definition) is 4. The van der Waals surface area contributed by atoms with Crippen LogP contribution in [0.4, 0.5) is 11.4 Å². The average molecular weight is 278 g/mol. The zero-order valence-corrected chi connectivity index (χ0v) is 11.6. The number of carboxylic acid groups (broad SMARTS) is 1. The number of carbonyl (C=O) groups is 1. The maximum atomic E-state index is 11.7. The topological polar surface area (TPSA) is 83.7 Å². The minimum Gasteiger partial charge on any atom is -0.479 e. The summed E-state index contributed by atoms with van der Waals surface area (Å²) in [6, 6.07) is 4.77. The molecule has 2 rings (SSSR count). The number of nitro benzene ring substituents is 1. The highest BCUT2D eigenvalue weighted by molar-refractivity contribution is 5.84. The van der Waals surface area contributed by atoms with Crippen molar-refractivity contribution in [2.45, 2.75) is 38.6 Å². The lowest BCUT2D eigenvalue weighted by Gasteiger charge is -2.35. The van der Waals surface area contributed by atoms with Gasteiger partial charge in [-0.2, -0.15) is 0 Å². The molecule has 108 valence electrons. The van der Waals surface area contributed by atoms with Crippen molar-refractivity contribution in [3.8, 4) is 0 Å². The zero-order chi connectivity index (χ0) is 14.9. The number of non-ortho nitro benzene ring substituents is 1. The number of nitro groups is 1. The Balaban J connectivity index is 2.50. The molecule has 1 unspecified atom stereocenters. The van der Waals surface area contributed by atoms with E-state index >= 15 is 0 Å². The van der Waals surface area contributed by atoms with Crippen molar-refractivity contribution in [3.05, 3.63) is 33.9 Å². The fraction of sp³-hybridized carbons (Fsp3) is 0.500. The van der Waals surface area contributed by atoms with Crippen LogP contribution in [0.2, 0.25) is 0 Å². The predicted molar refractivity (Wildman–Crippen MR) is 75.1 cm³/mol. The lowest BCUT2D eigenvalue weighted by molar-refractivity contribution is -0.384. The molecule has 0 saturated carbocycles. The quantitative estimate of drug-likeness (QED) is 0.676. The molecule has 6 heteroatoms. The van der Waals surface area contributed by atoms with Gasteiger partial charge >= 0.3 is 5.97 Å². The smallest absolute Gasteiger partial charge is 0.329 e. The fourth-order valence-corrected chi connectivity index (χ4v) is 3.00.